The molecule has 0 atom stereocenters. The number of benzene rings is 1. The lowest BCUT2D eigenvalue weighted by Crippen LogP contribution is -2.19. The standard InChI is InChI=1S/C13H12N4O2S/c14-11(18)9-6-16-10(12(15)19)13(17-9)20-7-8-4-2-1-3-5-8/h1-6H,7H2,(H2,14,18)(H2,15,19). The molecule has 20 heavy (non-hydrogen) atoms. The van der Waals surface area contributed by atoms with Crippen molar-refractivity contribution in [3.8, 4) is 0 Å². The lowest BCUT2D eigenvalue weighted by Gasteiger charge is -2.06. The fourth-order valence-corrected chi connectivity index (χ4v) is 2.44. The Morgan fingerprint density at radius 3 is 2.40 bits per heavy atom. The Bertz CT molecular complexity index is 646. The third-order valence-electron chi connectivity index (χ3n) is 2.44. The van der Waals surface area contributed by atoms with Crippen LogP contribution in [-0.4, -0.2) is 21.8 Å². The maximum atomic E-state index is 11.3. The first kappa shape index (κ1) is 14.0. The molecule has 2 aromatic rings. The molecule has 0 fully saturated rings. The monoisotopic (exact) mass is 288 g/mol. The molecule has 2 rings (SSSR count). The summed E-state index contributed by atoms with van der Waals surface area (Å²) >= 11 is 1.28. The summed E-state index contributed by atoms with van der Waals surface area (Å²) in [5.41, 5.74) is 11.5. The topological polar surface area (TPSA) is 112 Å². The second-order valence-electron chi connectivity index (χ2n) is 3.91. The normalized spacial score (nSPS) is 10.2. The minimum atomic E-state index is -0.699. The van der Waals surface area contributed by atoms with Crippen molar-refractivity contribution >= 4 is 23.6 Å². The van der Waals surface area contributed by atoms with Crippen LogP contribution in [0.4, 0.5) is 0 Å². The molecule has 6 nitrogen and oxygen atoms in total. The maximum absolute atomic E-state index is 11.3. The van der Waals surface area contributed by atoms with Gasteiger partial charge in [0.2, 0.25) is 0 Å². The van der Waals surface area contributed by atoms with Crippen LogP contribution in [0.3, 0.4) is 0 Å². The van der Waals surface area contributed by atoms with Crippen LogP contribution >= 0.6 is 11.8 Å². The molecule has 0 aliphatic carbocycles. The molecule has 0 unspecified atom stereocenters. The van der Waals surface area contributed by atoms with Crippen molar-refractivity contribution in [2.24, 2.45) is 11.5 Å². The van der Waals surface area contributed by atoms with Gasteiger partial charge in [-0.05, 0) is 5.56 Å². The third-order valence-corrected chi connectivity index (χ3v) is 3.48. The average Bonchev–Trinajstić information content (AvgIpc) is 2.45. The lowest BCUT2D eigenvalue weighted by molar-refractivity contribution is 0.0977. The number of hydrogen-bond donors (Lipinski definition) is 2. The summed E-state index contributed by atoms with van der Waals surface area (Å²) in [5, 5.41) is 0.303. The first-order valence-electron chi connectivity index (χ1n) is 5.71. The van der Waals surface area contributed by atoms with Crippen molar-refractivity contribution in [2.45, 2.75) is 10.8 Å². The molecule has 0 aliphatic rings. The highest BCUT2D eigenvalue weighted by atomic mass is 32.2. The van der Waals surface area contributed by atoms with Crippen LogP contribution in [0.25, 0.3) is 0 Å². The first-order valence-corrected chi connectivity index (χ1v) is 6.70. The van der Waals surface area contributed by atoms with Crippen LogP contribution < -0.4 is 11.5 Å². The number of carbonyl (C=O) groups is 2. The van der Waals surface area contributed by atoms with E-state index in [4.69, 9.17) is 11.5 Å². The molecule has 1 aromatic carbocycles. The Hall–Kier alpha value is -2.41. The summed E-state index contributed by atoms with van der Waals surface area (Å²) in [4.78, 5) is 30.3. The van der Waals surface area contributed by atoms with Crippen LogP contribution in [-0.2, 0) is 5.75 Å². The van der Waals surface area contributed by atoms with Gasteiger partial charge in [0.1, 0.15) is 10.7 Å². The second-order valence-corrected chi connectivity index (χ2v) is 4.88. The molecule has 0 aliphatic heterocycles. The van der Waals surface area contributed by atoms with Crippen molar-refractivity contribution in [1.82, 2.24) is 9.97 Å². The smallest absolute Gasteiger partial charge is 0.270 e. The number of carbonyl (C=O) groups excluding carboxylic acids is 2. The number of nitrogens with two attached hydrogens (primary N) is 2. The van der Waals surface area contributed by atoms with Gasteiger partial charge in [-0.25, -0.2) is 9.97 Å². The van der Waals surface area contributed by atoms with E-state index in [1.807, 2.05) is 30.3 Å². The van der Waals surface area contributed by atoms with Gasteiger partial charge in [-0.2, -0.15) is 0 Å². The van der Waals surface area contributed by atoms with Gasteiger partial charge in [-0.1, -0.05) is 42.1 Å². The Labute approximate surface area is 119 Å². The zero-order valence-electron chi connectivity index (χ0n) is 10.4. The van der Waals surface area contributed by atoms with Crippen LogP contribution in [0.15, 0.2) is 41.6 Å². The SMILES string of the molecule is NC(=O)c1cnc(C(N)=O)c(SCc2ccccc2)n1. The van der Waals surface area contributed by atoms with Crippen molar-refractivity contribution in [3.05, 3.63) is 53.5 Å². The largest absolute Gasteiger partial charge is 0.364 e. The van der Waals surface area contributed by atoms with E-state index in [1.165, 1.54) is 11.8 Å². The number of aromatic nitrogens is 2. The molecule has 1 aromatic heterocycles. The van der Waals surface area contributed by atoms with Gasteiger partial charge in [0, 0.05) is 5.75 Å². The molecule has 1 heterocycles. The lowest BCUT2D eigenvalue weighted by atomic mass is 10.2. The molecule has 4 N–H and O–H groups in total. The number of thioether (sulfide) groups is 1. The number of nitrogens with zero attached hydrogens (tertiary/aromatic N) is 2. The molecule has 0 saturated carbocycles. The molecular formula is C13H12N4O2S. The number of amides is 2. The number of hydrogen-bond acceptors (Lipinski definition) is 5. The summed E-state index contributed by atoms with van der Waals surface area (Å²) in [7, 11) is 0. The first-order chi connectivity index (χ1) is 9.58. The zero-order valence-corrected chi connectivity index (χ0v) is 11.3. The molecular weight excluding hydrogens is 276 g/mol. The van der Waals surface area contributed by atoms with Crippen molar-refractivity contribution in [3.63, 3.8) is 0 Å². The van der Waals surface area contributed by atoms with Crippen LogP contribution in [0.2, 0.25) is 0 Å². The van der Waals surface area contributed by atoms with E-state index in [2.05, 4.69) is 9.97 Å². The third kappa shape index (κ3) is 3.33. The molecule has 7 heteroatoms. The van der Waals surface area contributed by atoms with E-state index in [-0.39, 0.29) is 11.4 Å². The van der Waals surface area contributed by atoms with E-state index in [0.29, 0.717) is 10.8 Å². The average molecular weight is 288 g/mol. The highest BCUT2D eigenvalue weighted by Gasteiger charge is 2.15. The highest BCUT2D eigenvalue weighted by Crippen LogP contribution is 2.23. The van der Waals surface area contributed by atoms with Gasteiger partial charge in [0.15, 0.2) is 5.69 Å². The minimum Gasteiger partial charge on any atom is -0.364 e. The van der Waals surface area contributed by atoms with Gasteiger partial charge in [0.25, 0.3) is 11.8 Å². The van der Waals surface area contributed by atoms with E-state index >= 15 is 0 Å². The van der Waals surface area contributed by atoms with E-state index in [9.17, 15) is 9.59 Å². The van der Waals surface area contributed by atoms with Crippen LogP contribution in [0, 0.1) is 0 Å². The van der Waals surface area contributed by atoms with Gasteiger partial charge in [0.05, 0.1) is 6.20 Å². The van der Waals surface area contributed by atoms with Gasteiger partial charge in [-0.15, -0.1) is 0 Å². The predicted molar refractivity (Wildman–Crippen MR) is 75.1 cm³/mol. The van der Waals surface area contributed by atoms with Crippen LogP contribution in [0.1, 0.15) is 26.5 Å². The summed E-state index contributed by atoms with van der Waals surface area (Å²) in [6.07, 6.45) is 1.15. The number of primary amides is 2. The fourth-order valence-electron chi connectivity index (χ4n) is 1.49. The van der Waals surface area contributed by atoms with Crippen LogP contribution in [0.5, 0.6) is 0 Å². The fraction of sp³-hybridized carbons (Fsp3) is 0.0769. The second kappa shape index (κ2) is 6.16. The van der Waals surface area contributed by atoms with Gasteiger partial charge >= 0.3 is 0 Å². The van der Waals surface area contributed by atoms with E-state index < -0.39 is 11.8 Å². The Morgan fingerprint density at radius 1 is 1.10 bits per heavy atom. The minimum absolute atomic E-state index is 0.00515. The summed E-state index contributed by atoms with van der Waals surface area (Å²) in [6.45, 7) is 0. The predicted octanol–water partition coefficient (Wildman–Crippen LogP) is 0.967. The molecule has 2 amide bonds. The van der Waals surface area contributed by atoms with Gasteiger partial charge in [-0.3, -0.25) is 9.59 Å². The zero-order chi connectivity index (χ0) is 14.5. The molecule has 102 valence electrons. The van der Waals surface area contributed by atoms with Crippen molar-refractivity contribution in [1.29, 1.82) is 0 Å². The molecule has 0 bridgehead atoms. The summed E-state index contributed by atoms with van der Waals surface area (Å²) in [6, 6.07) is 9.63. The molecule has 0 saturated heterocycles. The van der Waals surface area contributed by atoms with Gasteiger partial charge < -0.3 is 11.5 Å². The van der Waals surface area contributed by atoms with Crippen molar-refractivity contribution < 1.29 is 9.59 Å². The van der Waals surface area contributed by atoms with Crippen molar-refractivity contribution in [2.75, 3.05) is 0 Å². The molecule has 0 spiro atoms. The Kier molecular flexibility index (Phi) is 4.31. The number of rotatable bonds is 5. The Balaban J connectivity index is 2.26. The maximum Gasteiger partial charge on any atom is 0.270 e. The molecule has 0 radical (unpaired) electrons. The highest BCUT2D eigenvalue weighted by molar-refractivity contribution is 7.98. The quantitative estimate of drug-likeness (QED) is 0.796. The summed E-state index contributed by atoms with van der Waals surface area (Å²) < 4.78 is 0. The Morgan fingerprint density at radius 2 is 1.80 bits per heavy atom. The summed E-state index contributed by atoms with van der Waals surface area (Å²) in [5.74, 6) is -0.808. The van der Waals surface area contributed by atoms with E-state index in [0.717, 1.165) is 11.8 Å². The van der Waals surface area contributed by atoms with E-state index in [1.54, 1.807) is 0 Å².